The first-order valence-electron chi connectivity index (χ1n) is 0.806. The predicted octanol–water partition coefficient (Wildman–Crippen LogP) is -1.31. The second-order valence-corrected chi connectivity index (χ2v) is 3.52. The Kier molecular flexibility index (Phi) is 1.51. The molecule has 5 heavy (non-hydrogen) atoms. The van der Waals surface area contributed by atoms with Crippen molar-refractivity contribution >= 4 is 16.2 Å². The lowest BCUT2D eigenvalue weighted by molar-refractivity contribution is -0.302. The summed E-state index contributed by atoms with van der Waals surface area (Å²) in [4.78, 5) is 18.1. The maximum atomic E-state index is 9.07. The monoisotopic (exact) mass is 112 g/mol. The van der Waals surface area contributed by atoms with Crippen LogP contribution in [0.2, 0.25) is 0 Å². The summed E-state index contributed by atoms with van der Waals surface area (Å²) in [7, 11) is -3.06. The normalized spacial score (nSPS) is 11.8. The van der Waals surface area contributed by atoms with E-state index in [0.29, 0.717) is 0 Å². The van der Waals surface area contributed by atoms with Crippen LogP contribution >= 0.6 is 16.2 Å². The molecular formula is H2O3P2-2. The zero-order valence-electron chi connectivity index (χ0n) is 2.25. The molecule has 1 atom stereocenters. The second-order valence-electron chi connectivity index (χ2n) is 0.540. The van der Waals surface area contributed by atoms with Crippen LogP contribution in [-0.4, -0.2) is 0 Å². The van der Waals surface area contributed by atoms with Crippen LogP contribution in [0.5, 0.6) is 0 Å². The molecule has 0 aliphatic heterocycles. The largest absolute Gasteiger partial charge is 0.808 e. The van der Waals surface area contributed by atoms with E-state index in [-0.39, 0.29) is 0 Å². The van der Waals surface area contributed by atoms with Gasteiger partial charge in [0.1, 0.15) is 0 Å². The number of hydrogen-bond acceptors (Lipinski definition) is 3. The lowest BCUT2D eigenvalue weighted by Gasteiger charge is -2.21. The smallest absolute Gasteiger partial charge is 0.0495 e. The molecule has 0 aliphatic rings. The van der Waals surface area contributed by atoms with Crippen LogP contribution in [0.1, 0.15) is 0 Å². The third-order valence-corrected chi connectivity index (χ3v) is 0. The molecule has 0 radical (unpaired) electrons. The molecule has 3 nitrogen and oxygen atoms in total. The van der Waals surface area contributed by atoms with Crippen molar-refractivity contribution in [2.75, 3.05) is 0 Å². The standard InChI is InChI=1S/H4O3P2/c1-5(2,3)4/h4H2,(H2,1,2,3)/p-2. The van der Waals surface area contributed by atoms with Crippen molar-refractivity contribution in [2.24, 2.45) is 0 Å². The Morgan fingerprint density at radius 2 is 1.60 bits per heavy atom. The zero-order chi connectivity index (χ0) is 4.50. The molecule has 32 valence electrons. The van der Waals surface area contributed by atoms with Crippen molar-refractivity contribution < 1.29 is 14.4 Å². The van der Waals surface area contributed by atoms with E-state index in [4.69, 9.17) is 14.4 Å². The number of rotatable bonds is 0. The molecule has 0 heterocycles. The summed E-state index contributed by atoms with van der Waals surface area (Å²) in [5.74, 6) is 0. The summed E-state index contributed by atoms with van der Waals surface area (Å²) >= 11 is 0. The molecule has 0 aromatic heterocycles. The fraction of sp³-hybridized carbons (Fsp3) is 0. The first-order valence-corrected chi connectivity index (χ1v) is 3.97. The number of hydrogen-bond donors (Lipinski definition) is 0. The highest BCUT2D eigenvalue weighted by atomic mass is 32.1. The van der Waals surface area contributed by atoms with E-state index < -0.39 is 7.28 Å². The molecule has 0 N–H and O–H groups in total. The molecule has 0 aromatic rings. The van der Waals surface area contributed by atoms with Crippen LogP contribution in [0.25, 0.3) is 0 Å². The lowest BCUT2D eigenvalue weighted by Crippen LogP contribution is -2.05. The molecule has 0 amide bonds. The van der Waals surface area contributed by atoms with E-state index in [2.05, 4.69) is 0 Å². The van der Waals surface area contributed by atoms with E-state index in [1.54, 1.807) is 0 Å². The maximum absolute atomic E-state index is 9.07. The first-order chi connectivity index (χ1) is 2.00. The highest BCUT2D eigenvalue weighted by molar-refractivity contribution is 8.09. The van der Waals surface area contributed by atoms with Crippen molar-refractivity contribution in [1.82, 2.24) is 0 Å². The minimum absolute atomic E-state index is 1.16. The summed E-state index contributed by atoms with van der Waals surface area (Å²) in [6, 6.07) is 0. The molecule has 0 rings (SSSR count). The molecule has 0 bridgehead atoms. The second kappa shape index (κ2) is 1.36. The third kappa shape index (κ3) is 90.6. The highest BCUT2D eigenvalue weighted by Gasteiger charge is 1.61. The highest BCUT2D eigenvalue weighted by Crippen LogP contribution is 2.32. The Bertz CT molecular complexity index is 51.0. The van der Waals surface area contributed by atoms with Gasteiger partial charge in [-0.1, -0.05) is 0 Å². The van der Waals surface area contributed by atoms with Gasteiger partial charge in [-0.05, 0) is 7.28 Å². The van der Waals surface area contributed by atoms with Crippen LogP contribution in [0, 0.1) is 0 Å². The first kappa shape index (κ1) is 5.58. The molecule has 0 aromatic carbocycles. The molecular weight excluding hydrogens is 110 g/mol. The van der Waals surface area contributed by atoms with Crippen molar-refractivity contribution in [3.63, 3.8) is 0 Å². The topological polar surface area (TPSA) is 63.2 Å². The van der Waals surface area contributed by atoms with Gasteiger partial charge in [-0.25, -0.2) is 0 Å². The Hall–Kier alpha value is 0.580. The van der Waals surface area contributed by atoms with Gasteiger partial charge in [0.15, 0.2) is 0 Å². The average Bonchev–Trinajstić information content (AvgIpc) is 0.722. The maximum Gasteiger partial charge on any atom is -0.0495 e. The van der Waals surface area contributed by atoms with Gasteiger partial charge >= 0.3 is 0 Å². The molecule has 1 unspecified atom stereocenters. The van der Waals surface area contributed by atoms with Crippen LogP contribution in [0.15, 0.2) is 0 Å². The average molecular weight is 112 g/mol. The molecule has 0 saturated carbocycles. The zero-order valence-corrected chi connectivity index (χ0v) is 4.30. The van der Waals surface area contributed by atoms with Gasteiger partial charge in [-0.15, -0.1) is 8.93 Å². The Balaban J connectivity index is 3.47. The van der Waals surface area contributed by atoms with Crippen molar-refractivity contribution in [1.29, 1.82) is 0 Å². The van der Waals surface area contributed by atoms with Crippen LogP contribution in [0.4, 0.5) is 0 Å². The van der Waals surface area contributed by atoms with Gasteiger partial charge in [-0.3, -0.25) is 0 Å². The molecule has 0 aliphatic carbocycles. The third-order valence-electron chi connectivity index (χ3n) is 0. The summed E-state index contributed by atoms with van der Waals surface area (Å²) in [5, 5.41) is 0. The van der Waals surface area contributed by atoms with E-state index in [0.717, 1.165) is 8.93 Å². The Morgan fingerprint density at radius 3 is 1.60 bits per heavy atom. The summed E-state index contributed by atoms with van der Waals surface area (Å²) < 4.78 is 9.07. The van der Waals surface area contributed by atoms with Crippen LogP contribution in [0.3, 0.4) is 0 Å². The van der Waals surface area contributed by atoms with Crippen molar-refractivity contribution in [3.8, 4) is 0 Å². The van der Waals surface area contributed by atoms with Crippen LogP contribution < -0.4 is 9.79 Å². The van der Waals surface area contributed by atoms with E-state index in [1.165, 1.54) is 0 Å². The van der Waals surface area contributed by atoms with Gasteiger partial charge < -0.3 is 14.4 Å². The van der Waals surface area contributed by atoms with Gasteiger partial charge in [0.05, 0.1) is 0 Å². The minimum atomic E-state index is -4.22. The van der Waals surface area contributed by atoms with Gasteiger partial charge in [-0.2, -0.15) is 0 Å². The molecule has 0 fully saturated rings. The minimum Gasteiger partial charge on any atom is -0.808 e. The predicted molar refractivity (Wildman–Crippen MR) is 17.3 cm³/mol. The van der Waals surface area contributed by atoms with E-state index in [9.17, 15) is 0 Å². The summed E-state index contributed by atoms with van der Waals surface area (Å²) in [6.45, 7) is 0. The Morgan fingerprint density at radius 1 is 1.60 bits per heavy atom. The van der Waals surface area contributed by atoms with Gasteiger partial charge in [0.25, 0.3) is 0 Å². The van der Waals surface area contributed by atoms with Gasteiger partial charge in [0, 0.05) is 0 Å². The summed E-state index contributed by atoms with van der Waals surface area (Å²) in [6.07, 6.45) is 0. The van der Waals surface area contributed by atoms with E-state index in [1.807, 2.05) is 0 Å². The molecule has 0 saturated heterocycles. The lowest BCUT2D eigenvalue weighted by atomic mass is 15.8. The van der Waals surface area contributed by atoms with Crippen molar-refractivity contribution in [2.45, 2.75) is 0 Å². The molecule has 0 spiro atoms. The summed E-state index contributed by atoms with van der Waals surface area (Å²) in [5.41, 5.74) is 0. The van der Waals surface area contributed by atoms with Crippen molar-refractivity contribution in [3.05, 3.63) is 0 Å². The Labute approximate surface area is 31.7 Å². The SMILES string of the molecule is O=P([O-])([O-])P. The quantitative estimate of drug-likeness (QED) is 0.365. The van der Waals surface area contributed by atoms with E-state index >= 15 is 0 Å². The fourth-order valence-electron chi connectivity index (χ4n) is 0. The fourth-order valence-corrected chi connectivity index (χ4v) is 0. The van der Waals surface area contributed by atoms with Crippen LogP contribution in [-0.2, 0) is 4.57 Å². The molecule has 5 heteroatoms. The van der Waals surface area contributed by atoms with Gasteiger partial charge in [0.2, 0.25) is 0 Å².